The van der Waals surface area contributed by atoms with E-state index < -0.39 is 0 Å². The van der Waals surface area contributed by atoms with Crippen molar-refractivity contribution in [2.45, 2.75) is 47.0 Å². The lowest BCUT2D eigenvalue weighted by molar-refractivity contribution is 0.513. The maximum absolute atomic E-state index is 5.93. The van der Waals surface area contributed by atoms with Crippen LogP contribution in [0.1, 0.15) is 43.6 Å². The minimum absolute atomic E-state index is 0.422. The normalized spacial score (nSPS) is 11.6. The highest BCUT2D eigenvalue weighted by atomic mass is 15.0. The second-order valence-electron chi connectivity index (χ2n) is 7.09. The fourth-order valence-corrected chi connectivity index (χ4v) is 3.00. The molecule has 150 valence electrons. The molecule has 0 amide bonds. The first kappa shape index (κ1) is 21.8. The zero-order chi connectivity index (χ0) is 20.4. The summed E-state index contributed by atoms with van der Waals surface area (Å²) in [4.78, 5) is 13.8. The Kier molecular flexibility index (Phi) is 8.82. The number of aromatic nitrogens is 3. The zero-order valence-corrected chi connectivity index (χ0v) is 17.6. The van der Waals surface area contributed by atoms with Gasteiger partial charge < -0.3 is 11.1 Å². The van der Waals surface area contributed by atoms with Crippen molar-refractivity contribution in [2.75, 3.05) is 18.4 Å². The van der Waals surface area contributed by atoms with Gasteiger partial charge in [0, 0.05) is 30.2 Å². The summed E-state index contributed by atoms with van der Waals surface area (Å²) < 4.78 is 0. The maximum Gasteiger partial charge on any atom is 0.148 e. The molecule has 0 radical (unpaired) electrons. The second kappa shape index (κ2) is 11.3. The van der Waals surface area contributed by atoms with Crippen molar-refractivity contribution in [2.24, 2.45) is 11.7 Å². The van der Waals surface area contributed by atoms with E-state index in [1.165, 1.54) is 5.56 Å². The number of rotatable bonds is 8. The molecule has 0 fully saturated rings. The average Bonchev–Trinajstić information content (AvgIpc) is 2.71. The van der Waals surface area contributed by atoms with E-state index in [1.807, 2.05) is 19.9 Å². The standard InChI is InChI=1S/C23H33N5/c1-5-7-20(15-24)16-27-23-18(4)26-13-12-25-17(3)14-22(28-23)21-10-8-19(6-2)9-11-21/h8-14,20H,5-7,15-16,24H2,1-4H3,(H,27,28). The van der Waals surface area contributed by atoms with Crippen LogP contribution in [0.5, 0.6) is 0 Å². The van der Waals surface area contributed by atoms with Gasteiger partial charge in [-0.1, -0.05) is 44.5 Å². The van der Waals surface area contributed by atoms with Crippen molar-refractivity contribution in [3.05, 3.63) is 59.7 Å². The van der Waals surface area contributed by atoms with Gasteiger partial charge in [0.05, 0.1) is 11.4 Å². The Morgan fingerprint density at radius 1 is 1.04 bits per heavy atom. The van der Waals surface area contributed by atoms with Gasteiger partial charge in [-0.2, -0.15) is 0 Å². The number of anilines is 1. The first-order chi connectivity index (χ1) is 13.6. The molecule has 5 nitrogen and oxygen atoms in total. The molecule has 0 saturated carbocycles. The summed E-state index contributed by atoms with van der Waals surface area (Å²) in [5, 5.41) is 3.48. The zero-order valence-electron chi connectivity index (χ0n) is 17.6. The molecule has 1 heterocycles. The van der Waals surface area contributed by atoms with Gasteiger partial charge in [0.25, 0.3) is 0 Å². The molecule has 0 aliphatic rings. The van der Waals surface area contributed by atoms with Crippen LogP contribution in [-0.4, -0.2) is 28.0 Å². The first-order valence-electron chi connectivity index (χ1n) is 10.1. The van der Waals surface area contributed by atoms with Crippen molar-refractivity contribution in [3.63, 3.8) is 0 Å². The third kappa shape index (κ3) is 6.57. The van der Waals surface area contributed by atoms with Crippen LogP contribution in [0, 0.1) is 19.8 Å². The number of aryl methyl sites for hydroxylation is 3. The smallest absolute Gasteiger partial charge is 0.148 e. The molecule has 0 saturated heterocycles. The highest BCUT2D eigenvalue weighted by Gasteiger charge is 2.08. The van der Waals surface area contributed by atoms with E-state index >= 15 is 0 Å². The number of nitrogens with zero attached hydrogens (tertiary/aromatic N) is 3. The van der Waals surface area contributed by atoms with E-state index in [9.17, 15) is 0 Å². The predicted octanol–water partition coefficient (Wildman–Crippen LogP) is 4.63. The van der Waals surface area contributed by atoms with E-state index in [-0.39, 0.29) is 0 Å². The van der Waals surface area contributed by atoms with Crippen molar-refractivity contribution in [3.8, 4) is 11.3 Å². The second-order valence-corrected chi connectivity index (χ2v) is 7.09. The molecule has 5 heteroatoms. The Labute approximate surface area is 169 Å². The van der Waals surface area contributed by atoms with Crippen LogP contribution in [0.3, 0.4) is 0 Å². The molecule has 0 spiro atoms. The maximum atomic E-state index is 5.93. The van der Waals surface area contributed by atoms with Crippen LogP contribution in [0.25, 0.3) is 11.3 Å². The summed E-state index contributed by atoms with van der Waals surface area (Å²) in [6, 6.07) is 10.5. The Hall–Kier alpha value is -2.53. The van der Waals surface area contributed by atoms with Crippen molar-refractivity contribution in [1.29, 1.82) is 0 Å². The first-order valence-corrected chi connectivity index (χ1v) is 10.1. The molecule has 2 rings (SSSR count). The van der Waals surface area contributed by atoms with Crippen molar-refractivity contribution < 1.29 is 0 Å². The summed E-state index contributed by atoms with van der Waals surface area (Å²) in [5.41, 5.74) is 10.9. The van der Waals surface area contributed by atoms with E-state index in [1.54, 1.807) is 12.4 Å². The molecule has 0 bridgehead atoms. The molecule has 1 atom stereocenters. The highest BCUT2D eigenvalue weighted by molar-refractivity contribution is 5.61. The van der Waals surface area contributed by atoms with E-state index in [0.717, 1.165) is 54.3 Å². The van der Waals surface area contributed by atoms with E-state index in [2.05, 4.69) is 53.4 Å². The lowest BCUT2D eigenvalue weighted by Crippen LogP contribution is -2.23. The quantitative estimate of drug-likeness (QED) is 0.699. The van der Waals surface area contributed by atoms with Gasteiger partial charge in [0.15, 0.2) is 0 Å². The van der Waals surface area contributed by atoms with Gasteiger partial charge in [0.1, 0.15) is 5.82 Å². The van der Waals surface area contributed by atoms with Crippen molar-refractivity contribution in [1.82, 2.24) is 15.0 Å². The summed E-state index contributed by atoms with van der Waals surface area (Å²) in [6.45, 7) is 9.72. The van der Waals surface area contributed by atoms with Crippen LogP contribution in [0.2, 0.25) is 0 Å². The summed E-state index contributed by atoms with van der Waals surface area (Å²) in [5.74, 6) is 1.20. The molecule has 0 aliphatic heterocycles. The topological polar surface area (TPSA) is 76.7 Å². The summed E-state index contributed by atoms with van der Waals surface area (Å²) in [6.07, 6.45) is 6.66. The lowest BCUT2D eigenvalue weighted by Gasteiger charge is -2.15. The van der Waals surface area contributed by atoms with Crippen LogP contribution in [0.4, 0.5) is 5.82 Å². The lowest BCUT2D eigenvalue weighted by atomic mass is 10.0. The predicted molar refractivity (Wildman–Crippen MR) is 118 cm³/mol. The SMILES string of the molecule is CCCC(CN)CNc1nc(-c2ccc(CC)cc2)cc(C)nccnc1C. The molecule has 1 aromatic heterocycles. The average molecular weight is 380 g/mol. The third-order valence-corrected chi connectivity index (χ3v) is 4.78. The number of hydrogen-bond donors (Lipinski definition) is 2. The monoisotopic (exact) mass is 379 g/mol. The molecule has 1 unspecified atom stereocenters. The van der Waals surface area contributed by atoms with Crippen LogP contribution < -0.4 is 11.1 Å². The minimum Gasteiger partial charge on any atom is -0.368 e. The molecule has 28 heavy (non-hydrogen) atoms. The third-order valence-electron chi connectivity index (χ3n) is 4.78. The Morgan fingerprint density at radius 2 is 1.75 bits per heavy atom. The number of benzene rings is 1. The largest absolute Gasteiger partial charge is 0.368 e. The van der Waals surface area contributed by atoms with Crippen LogP contribution in [0.15, 0.2) is 42.7 Å². The molecular formula is C23H33N5. The molecular weight excluding hydrogens is 346 g/mol. The van der Waals surface area contributed by atoms with Gasteiger partial charge in [-0.25, -0.2) is 4.98 Å². The van der Waals surface area contributed by atoms with Gasteiger partial charge in [-0.05, 0) is 50.8 Å². The van der Waals surface area contributed by atoms with Gasteiger partial charge >= 0.3 is 0 Å². The van der Waals surface area contributed by atoms with Gasteiger partial charge in [0.2, 0.25) is 0 Å². The summed E-state index contributed by atoms with van der Waals surface area (Å²) in [7, 11) is 0. The van der Waals surface area contributed by atoms with Crippen LogP contribution in [-0.2, 0) is 6.42 Å². The number of hydrogen-bond acceptors (Lipinski definition) is 5. The number of nitrogens with two attached hydrogens (primary N) is 1. The molecule has 2 aromatic rings. The Bertz CT molecular complexity index is 801. The van der Waals surface area contributed by atoms with Gasteiger partial charge in [-0.15, -0.1) is 0 Å². The Morgan fingerprint density at radius 3 is 2.39 bits per heavy atom. The van der Waals surface area contributed by atoms with E-state index in [0.29, 0.717) is 12.5 Å². The minimum atomic E-state index is 0.422. The summed E-state index contributed by atoms with van der Waals surface area (Å²) >= 11 is 0. The molecule has 1 aromatic carbocycles. The van der Waals surface area contributed by atoms with Crippen molar-refractivity contribution >= 4 is 5.82 Å². The highest BCUT2D eigenvalue weighted by Crippen LogP contribution is 2.20. The Balaban J connectivity index is 2.51. The number of nitrogens with one attached hydrogen (secondary N) is 1. The van der Waals surface area contributed by atoms with E-state index in [4.69, 9.17) is 10.7 Å². The molecule has 0 aliphatic carbocycles. The fraction of sp³-hybridized carbons (Fsp3) is 0.435. The molecule has 3 N–H and O–H groups in total. The van der Waals surface area contributed by atoms with Gasteiger partial charge in [-0.3, -0.25) is 9.97 Å². The van der Waals surface area contributed by atoms with Crippen LogP contribution >= 0.6 is 0 Å². The fourth-order valence-electron chi connectivity index (χ4n) is 3.00.